The number of alkyl halides is 3. The summed E-state index contributed by atoms with van der Waals surface area (Å²) in [6.45, 7) is 2.77. The van der Waals surface area contributed by atoms with Crippen LogP contribution < -0.4 is 5.32 Å². The van der Waals surface area contributed by atoms with E-state index < -0.39 is 51.8 Å². The first-order valence-corrected chi connectivity index (χ1v) is 11.5. The molecule has 186 valence electrons. The summed E-state index contributed by atoms with van der Waals surface area (Å²) in [5.74, 6) is -3.77. The maximum absolute atomic E-state index is 12.8. The molecule has 0 bridgehead atoms. The molecule has 2 aromatic rings. The van der Waals surface area contributed by atoms with Gasteiger partial charge < -0.3 is 23.6 Å². The second kappa shape index (κ2) is 14.0. The summed E-state index contributed by atoms with van der Waals surface area (Å²) >= 11 is 0. The molecule has 1 amide bonds. The van der Waals surface area contributed by atoms with Crippen molar-refractivity contribution in [3.63, 3.8) is 0 Å². The van der Waals surface area contributed by atoms with Crippen molar-refractivity contribution in [1.29, 1.82) is 0 Å². The monoisotopic (exact) mass is 502 g/mol. The fraction of sp³-hybridized carbons (Fsp3) is 0.391. The maximum Gasteiger partial charge on any atom is 0.471 e. The van der Waals surface area contributed by atoms with E-state index >= 15 is 0 Å². The molecule has 0 radical (unpaired) electrons. The van der Waals surface area contributed by atoms with E-state index in [0.29, 0.717) is 0 Å². The third-order valence-corrected chi connectivity index (χ3v) is 5.09. The molecule has 7 nitrogen and oxygen atoms in total. The lowest BCUT2D eigenvalue weighted by Crippen LogP contribution is -2.48. The predicted molar refractivity (Wildman–Crippen MR) is 119 cm³/mol. The number of rotatable bonds is 13. The van der Waals surface area contributed by atoms with Crippen LogP contribution in [0, 0.1) is 0 Å². The zero-order valence-electron chi connectivity index (χ0n) is 19.7. The summed E-state index contributed by atoms with van der Waals surface area (Å²) < 4.78 is 68.3. The number of ether oxygens (including phenoxy) is 1. The van der Waals surface area contributed by atoms with Crippen LogP contribution in [-0.4, -0.2) is 36.8 Å². The van der Waals surface area contributed by atoms with Crippen molar-refractivity contribution >= 4 is 20.5 Å². The molecule has 0 saturated carbocycles. The average molecular weight is 502 g/mol. The van der Waals surface area contributed by atoms with Crippen molar-refractivity contribution in [3.05, 3.63) is 71.8 Å². The number of halogens is 3. The van der Waals surface area contributed by atoms with Gasteiger partial charge in [-0.15, -0.1) is 0 Å². The van der Waals surface area contributed by atoms with Crippen LogP contribution in [0.5, 0.6) is 0 Å². The molecule has 0 unspecified atom stereocenters. The molecule has 34 heavy (non-hydrogen) atoms. The SMILES string of the molecule is [2H][C@@](CCOP(OCc1ccccc1)OCc1ccccc1)(NC(=O)C(F)(F)F)C(=O)OC(C)C. The highest BCUT2D eigenvalue weighted by Gasteiger charge is 2.41. The first-order valence-electron chi connectivity index (χ1n) is 10.9. The van der Waals surface area contributed by atoms with Crippen LogP contribution in [0.15, 0.2) is 60.7 Å². The van der Waals surface area contributed by atoms with Crippen LogP contribution in [0.4, 0.5) is 13.2 Å². The van der Waals surface area contributed by atoms with Gasteiger partial charge in [-0.2, -0.15) is 13.2 Å². The van der Waals surface area contributed by atoms with Crippen molar-refractivity contribution < 1.29 is 42.4 Å². The molecule has 1 N–H and O–H groups in total. The molecule has 0 aliphatic rings. The predicted octanol–water partition coefficient (Wildman–Crippen LogP) is 5.05. The van der Waals surface area contributed by atoms with Crippen LogP contribution in [-0.2, 0) is 41.1 Å². The number of nitrogens with one attached hydrogen (secondary N) is 1. The standard InChI is InChI=1S/C23H27F3NO6P/c1-17(2)33-21(28)20(27-22(29)23(24,25)26)13-14-30-34(31-15-18-9-5-3-6-10-18)32-16-19-11-7-4-8-12-19/h3-12,17,20H,13-16H2,1-2H3,(H,27,29)/t20-/m0/s1/i20D. The summed E-state index contributed by atoms with van der Waals surface area (Å²) in [5, 5.41) is 1.40. The quantitative estimate of drug-likeness (QED) is 0.305. The Morgan fingerprint density at radius 2 is 1.44 bits per heavy atom. The average Bonchev–Trinajstić information content (AvgIpc) is 2.80. The molecule has 0 aliphatic carbocycles. The molecule has 11 heteroatoms. The normalized spacial score (nSPS) is 13.9. The minimum absolute atomic E-state index is 0.132. The van der Waals surface area contributed by atoms with Crippen LogP contribution in [0.25, 0.3) is 0 Å². The van der Waals surface area contributed by atoms with Crippen molar-refractivity contribution in [2.24, 2.45) is 0 Å². The highest BCUT2D eigenvalue weighted by molar-refractivity contribution is 7.41. The Morgan fingerprint density at radius 3 is 1.88 bits per heavy atom. The number of hydrogen-bond donors (Lipinski definition) is 1. The molecule has 0 aromatic heterocycles. The van der Waals surface area contributed by atoms with E-state index in [-0.39, 0.29) is 13.2 Å². The summed E-state index contributed by atoms with van der Waals surface area (Å²) in [5.41, 5.74) is 1.67. The van der Waals surface area contributed by atoms with E-state index in [9.17, 15) is 22.8 Å². The van der Waals surface area contributed by atoms with Crippen molar-refractivity contribution in [2.45, 2.75) is 51.8 Å². The van der Waals surface area contributed by atoms with Gasteiger partial charge in [0.05, 0.1) is 27.3 Å². The van der Waals surface area contributed by atoms with Gasteiger partial charge in [0, 0.05) is 6.42 Å². The van der Waals surface area contributed by atoms with E-state index in [1.807, 2.05) is 60.7 Å². The Hall–Kier alpha value is -2.52. The van der Waals surface area contributed by atoms with E-state index in [1.165, 1.54) is 19.2 Å². The highest BCUT2D eigenvalue weighted by Crippen LogP contribution is 2.41. The van der Waals surface area contributed by atoms with Crippen molar-refractivity contribution in [1.82, 2.24) is 5.32 Å². The summed E-state index contributed by atoms with van der Waals surface area (Å²) in [4.78, 5) is 23.8. The molecule has 0 fully saturated rings. The van der Waals surface area contributed by atoms with Crippen molar-refractivity contribution in [3.8, 4) is 0 Å². The lowest BCUT2D eigenvalue weighted by Gasteiger charge is -2.21. The van der Waals surface area contributed by atoms with Crippen LogP contribution in [0.3, 0.4) is 0 Å². The molecular formula is C23H27F3NO6P. The number of esters is 1. The Bertz CT molecular complexity index is 892. The number of hydrogen-bond acceptors (Lipinski definition) is 6. The molecule has 2 rings (SSSR count). The molecule has 1 atom stereocenters. The van der Waals surface area contributed by atoms with Gasteiger partial charge in [-0.05, 0) is 25.0 Å². The lowest BCUT2D eigenvalue weighted by atomic mass is 10.2. The summed E-state index contributed by atoms with van der Waals surface area (Å²) in [6, 6.07) is 15.6. The topological polar surface area (TPSA) is 83.1 Å². The third-order valence-electron chi connectivity index (χ3n) is 4.02. The fourth-order valence-corrected chi connectivity index (χ4v) is 3.42. The zero-order valence-corrected chi connectivity index (χ0v) is 19.6. The first kappa shape index (κ1) is 26.1. The summed E-state index contributed by atoms with van der Waals surface area (Å²) in [6.07, 6.45) is -6.63. The third kappa shape index (κ3) is 10.6. The van der Waals surface area contributed by atoms with Crippen LogP contribution in [0.1, 0.15) is 32.8 Å². The number of carbonyl (C=O) groups is 2. The summed E-state index contributed by atoms with van der Waals surface area (Å²) in [7, 11) is -2.01. The molecule has 0 spiro atoms. The number of benzene rings is 2. The number of amides is 1. The largest absolute Gasteiger partial charge is 0.471 e. The lowest BCUT2D eigenvalue weighted by molar-refractivity contribution is -0.176. The Labute approximate surface area is 198 Å². The van der Waals surface area contributed by atoms with Gasteiger partial charge >= 0.3 is 26.7 Å². The maximum atomic E-state index is 12.8. The van der Waals surface area contributed by atoms with Gasteiger partial charge in [0.1, 0.15) is 6.02 Å². The van der Waals surface area contributed by atoms with Gasteiger partial charge in [-0.3, -0.25) is 4.79 Å². The molecule has 0 heterocycles. The molecule has 0 aliphatic heterocycles. The second-order valence-electron chi connectivity index (χ2n) is 7.21. The molecular weight excluding hydrogens is 474 g/mol. The minimum Gasteiger partial charge on any atom is -0.461 e. The molecule has 0 saturated heterocycles. The Kier molecular flexibility index (Phi) is 10.8. The fourth-order valence-electron chi connectivity index (χ4n) is 2.45. The van der Waals surface area contributed by atoms with Gasteiger partial charge in [0.15, 0.2) is 0 Å². The minimum atomic E-state index is -5.28. The Balaban J connectivity index is 2.05. The Morgan fingerprint density at radius 1 is 0.941 bits per heavy atom. The second-order valence-corrected chi connectivity index (χ2v) is 8.43. The first-order chi connectivity index (χ1) is 16.5. The zero-order chi connectivity index (χ0) is 25.9. The van der Waals surface area contributed by atoms with Crippen molar-refractivity contribution in [2.75, 3.05) is 6.61 Å². The highest BCUT2D eigenvalue weighted by atomic mass is 31.2. The van der Waals surface area contributed by atoms with Gasteiger partial charge in [-0.25, -0.2) is 4.79 Å². The molecule has 2 aromatic carbocycles. The smallest absolute Gasteiger partial charge is 0.461 e. The van der Waals surface area contributed by atoms with Gasteiger partial charge in [-0.1, -0.05) is 60.7 Å². The van der Waals surface area contributed by atoms with E-state index in [4.69, 9.17) is 19.7 Å². The van der Waals surface area contributed by atoms with Gasteiger partial charge in [0.2, 0.25) is 0 Å². The van der Waals surface area contributed by atoms with E-state index in [1.54, 1.807) is 0 Å². The van der Waals surface area contributed by atoms with Gasteiger partial charge in [0.25, 0.3) is 0 Å². The van der Waals surface area contributed by atoms with Crippen LogP contribution in [0.2, 0.25) is 0 Å². The van der Waals surface area contributed by atoms with E-state index in [2.05, 4.69) is 0 Å². The van der Waals surface area contributed by atoms with E-state index in [0.717, 1.165) is 11.1 Å². The number of carbonyl (C=O) groups excluding carboxylic acids is 2. The van der Waals surface area contributed by atoms with Crippen LogP contribution >= 0.6 is 8.60 Å².